The van der Waals surface area contributed by atoms with Gasteiger partial charge in [0.05, 0.1) is 17.1 Å². The number of hydrogen-bond donors (Lipinski definition) is 2. The molecule has 3 rings (SSSR count). The molecular weight excluding hydrogens is 467 g/mol. The Labute approximate surface area is 188 Å². The average Bonchev–Trinajstić information content (AvgIpc) is 2.94. The van der Waals surface area contributed by atoms with Crippen LogP contribution in [0.5, 0.6) is 5.75 Å². The van der Waals surface area contributed by atoms with Gasteiger partial charge in [0.2, 0.25) is 0 Å². The molecule has 0 amide bonds. The Balaban J connectivity index is 1.86. The molecule has 0 unspecified atom stereocenters. The summed E-state index contributed by atoms with van der Waals surface area (Å²) in [4.78, 5) is 0. The van der Waals surface area contributed by atoms with Crippen LogP contribution >= 0.6 is 15.9 Å². The van der Waals surface area contributed by atoms with Gasteiger partial charge in [0.25, 0.3) is 0 Å². The Bertz CT molecular complexity index is 954. The van der Waals surface area contributed by atoms with E-state index in [0.29, 0.717) is 12.8 Å². The van der Waals surface area contributed by atoms with Crippen molar-refractivity contribution < 1.29 is 23.2 Å². The van der Waals surface area contributed by atoms with Crippen LogP contribution in [0.4, 0.5) is 0 Å². The van der Waals surface area contributed by atoms with Crippen molar-refractivity contribution in [3.8, 4) is 5.75 Å². The summed E-state index contributed by atoms with van der Waals surface area (Å²) in [7, 11) is -4.34. The van der Waals surface area contributed by atoms with Crippen molar-refractivity contribution in [2.45, 2.75) is 64.1 Å². The van der Waals surface area contributed by atoms with Crippen molar-refractivity contribution in [3.63, 3.8) is 0 Å². The zero-order valence-electron chi connectivity index (χ0n) is 17.8. The maximum absolute atomic E-state index is 12.7. The number of allylic oxidation sites excluding steroid dienone is 1. The maximum atomic E-state index is 12.7. The van der Waals surface area contributed by atoms with Crippen molar-refractivity contribution in [2.24, 2.45) is 5.92 Å². The molecule has 0 spiro atoms. The molecule has 0 saturated carbocycles. The fourth-order valence-electron chi connectivity index (χ4n) is 4.48. The van der Waals surface area contributed by atoms with Crippen LogP contribution in [0.15, 0.2) is 39.4 Å². The van der Waals surface area contributed by atoms with Crippen LogP contribution in [0.25, 0.3) is 6.08 Å². The van der Waals surface area contributed by atoms with E-state index >= 15 is 0 Å². The Morgan fingerprint density at radius 3 is 2.77 bits per heavy atom. The first kappa shape index (κ1) is 23.6. The first-order valence-electron chi connectivity index (χ1n) is 10.6. The highest BCUT2D eigenvalue weighted by Crippen LogP contribution is 2.42. The van der Waals surface area contributed by atoms with Crippen LogP contribution in [0.3, 0.4) is 0 Å². The standard InChI is InChI=1S/C22H30BBrO5S/c1-4-5-15(10-16-11-17(24)7-8-19(16)25)6-9-20-22-18(14(2)3)13-30(27,28)21(22)12-23(26)29-20/h7-8,10-11,14,20-21,25-26H,4-6,9,12-13H2,1-3H3/b15-10+/t20-,21+/m1/s1. The third-order valence-electron chi connectivity index (χ3n) is 5.94. The van der Waals surface area contributed by atoms with Gasteiger partial charge < -0.3 is 14.8 Å². The lowest BCUT2D eigenvalue weighted by atomic mass is 9.73. The molecule has 2 aliphatic rings. The predicted molar refractivity (Wildman–Crippen MR) is 125 cm³/mol. The van der Waals surface area contributed by atoms with Gasteiger partial charge in [-0.1, -0.05) is 54.8 Å². The summed E-state index contributed by atoms with van der Waals surface area (Å²) in [5.41, 5.74) is 3.73. The lowest BCUT2D eigenvalue weighted by molar-refractivity contribution is 0.169. The summed E-state index contributed by atoms with van der Waals surface area (Å²) < 4.78 is 32.1. The molecule has 2 aliphatic heterocycles. The van der Waals surface area contributed by atoms with Crippen LogP contribution < -0.4 is 0 Å². The summed E-state index contributed by atoms with van der Waals surface area (Å²) in [6.45, 7) is 6.13. The maximum Gasteiger partial charge on any atom is 0.456 e. The number of phenolic OH excluding ortho intramolecular Hbond substituents is 1. The van der Waals surface area contributed by atoms with Gasteiger partial charge in [-0.05, 0) is 54.5 Å². The number of sulfone groups is 1. The Hall–Kier alpha value is -1.09. The summed E-state index contributed by atoms with van der Waals surface area (Å²) in [6.07, 6.45) is 4.88. The van der Waals surface area contributed by atoms with E-state index in [-0.39, 0.29) is 23.7 Å². The minimum atomic E-state index is -3.28. The van der Waals surface area contributed by atoms with Gasteiger partial charge in [0.15, 0.2) is 9.84 Å². The molecule has 2 atom stereocenters. The second-order valence-corrected chi connectivity index (χ2v) is 11.6. The second kappa shape index (κ2) is 9.59. The van der Waals surface area contributed by atoms with E-state index in [0.717, 1.165) is 34.0 Å². The van der Waals surface area contributed by atoms with Gasteiger partial charge in [-0.15, -0.1) is 0 Å². The van der Waals surface area contributed by atoms with Gasteiger partial charge in [-0.3, -0.25) is 0 Å². The first-order chi connectivity index (χ1) is 14.1. The Morgan fingerprint density at radius 1 is 1.37 bits per heavy atom. The number of rotatable bonds is 7. The number of aromatic hydroxyl groups is 1. The fourth-order valence-corrected chi connectivity index (χ4v) is 7.14. The normalized spacial score (nSPS) is 23.9. The van der Waals surface area contributed by atoms with Gasteiger partial charge in [0.1, 0.15) is 5.75 Å². The predicted octanol–water partition coefficient (Wildman–Crippen LogP) is 4.75. The molecule has 8 heteroatoms. The fraction of sp³-hybridized carbons (Fsp3) is 0.545. The highest BCUT2D eigenvalue weighted by molar-refractivity contribution is 9.10. The van der Waals surface area contributed by atoms with E-state index in [4.69, 9.17) is 4.65 Å². The quantitative estimate of drug-likeness (QED) is 0.420. The number of benzene rings is 1. The Kier molecular flexibility index (Phi) is 7.54. The SMILES string of the molecule is CCC/C(=C\c1cc(Br)ccc1O)CC[C@H]1OB(O)C[C@H]2C1=C(C(C)C)CS2(=O)=O. The largest absolute Gasteiger partial charge is 0.507 e. The minimum Gasteiger partial charge on any atom is -0.507 e. The van der Waals surface area contributed by atoms with Gasteiger partial charge in [-0.25, -0.2) is 8.42 Å². The summed E-state index contributed by atoms with van der Waals surface area (Å²) in [5, 5.41) is 19.7. The zero-order valence-corrected chi connectivity index (χ0v) is 20.2. The molecule has 0 bridgehead atoms. The molecule has 5 nitrogen and oxygen atoms in total. The van der Waals surface area contributed by atoms with Crippen molar-refractivity contribution in [1.29, 1.82) is 0 Å². The van der Waals surface area contributed by atoms with Crippen molar-refractivity contribution in [2.75, 3.05) is 5.75 Å². The lowest BCUT2D eigenvalue weighted by Crippen LogP contribution is -2.42. The summed E-state index contributed by atoms with van der Waals surface area (Å²) in [5.74, 6) is 0.425. The third-order valence-corrected chi connectivity index (χ3v) is 8.46. The number of fused-ring (bicyclic) bond motifs is 1. The first-order valence-corrected chi connectivity index (χ1v) is 13.1. The van der Waals surface area contributed by atoms with E-state index in [1.165, 1.54) is 5.57 Å². The highest BCUT2D eigenvalue weighted by Gasteiger charge is 2.48. The van der Waals surface area contributed by atoms with Gasteiger partial charge in [0, 0.05) is 16.4 Å². The average molecular weight is 497 g/mol. The molecule has 1 saturated heterocycles. The molecule has 1 aromatic carbocycles. The van der Waals surface area contributed by atoms with Gasteiger partial charge >= 0.3 is 7.12 Å². The molecule has 0 aromatic heterocycles. The van der Waals surface area contributed by atoms with E-state index in [1.54, 1.807) is 12.1 Å². The molecule has 30 heavy (non-hydrogen) atoms. The Morgan fingerprint density at radius 2 is 2.10 bits per heavy atom. The molecule has 2 heterocycles. The van der Waals surface area contributed by atoms with Gasteiger partial charge in [-0.2, -0.15) is 0 Å². The minimum absolute atomic E-state index is 0.0703. The van der Waals surface area contributed by atoms with Crippen molar-refractivity contribution in [3.05, 3.63) is 45.0 Å². The van der Waals surface area contributed by atoms with E-state index < -0.39 is 28.3 Å². The smallest absolute Gasteiger partial charge is 0.456 e. The monoisotopic (exact) mass is 496 g/mol. The molecule has 0 aliphatic carbocycles. The number of phenols is 1. The van der Waals surface area contributed by atoms with E-state index in [2.05, 4.69) is 22.9 Å². The summed E-state index contributed by atoms with van der Waals surface area (Å²) in [6, 6.07) is 5.34. The van der Waals surface area contributed by atoms with Crippen LogP contribution in [-0.2, 0) is 14.5 Å². The van der Waals surface area contributed by atoms with E-state index in [1.807, 2.05) is 26.0 Å². The zero-order chi connectivity index (χ0) is 22.1. The molecule has 2 N–H and O–H groups in total. The van der Waals surface area contributed by atoms with Crippen LogP contribution in [0.1, 0.15) is 52.0 Å². The molecule has 164 valence electrons. The second-order valence-electron chi connectivity index (χ2n) is 8.54. The number of hydrogen-bond acceptors (Lipinski definition) is 5. The van der Waals surface area contributed by atoms with Crippen LogP contribution in [0, 0.1) is 5.92 Å². The summed E-state index contributed by atoms with van der Waals surface area (Å²) >= 11 is 3.44. The van der Waals surface area contributed by atoms with Crippen LogP contribution in [0.2, 0.25) is 6.32 Å². The topological polar surface area (TPSA) is 83.8 Å². The van der Waals surface area contributed by atoms with E-state index in [9.17, 15) is 18.5 Å². The lowest BCUT2D eigenvalue weighted by Gasteiger charge is -2.32. The third kappa shape index (κ3) is 5.21. The molecule has 1 fully saturated rings. The highest BCUT2D eigenvalue weighted by atomic mass is 79.9. The molecule has 1 aromatic rings. The van der Waals surface area contributed by atoms with Crippen molar-refractivity contribution >= 4 is 39.0 Å². The molecular formula is C22H30BBrO5S. The van der Waals surface area contributed by atoms with Crippen molar-refractivity contribution in [1.82, 2.24) is 0 Å². The number of halogens is 1. The molecule has 0 radical (unpaired) electrons. The van der Waals surface area contributed by atoms with Crippen LogP contribution in [-0.4, -0.2) is 42.8 Å².